The summed E-state index contributed by atoms with van der Waals surface area (Å²) in [6.45, 7) is 2.04. The Bertz CT molecular complexity index is 798. The van der Waals surface area contributed by atoms with Crippen LogP contribution in [0.3, 0.4) is 0 Å². The monoisotopic (exact) mass is 337 g/mol. The first kappa shape index (κ1) is 16.5. The van der Waals surface area contributed by atoms with Gasteiger partial charge in [0, 0.05) is 12.1 Å². The fraction of sp³-hybridized carbons (Fsp3) is 0.200. The average Bonchev–Trinajstić information content (AvgIpc) is 2.61. The second kappa shape index (κ2) is 7.05. The normalized spacial score (nSPS) is 18.0. The molecule has 0 N–H and O–H groups in total. The first-order valence-electron chi connectivity index (χ1n) is 7.83. The number of para-hydroxylation sites is 1. The van der Waals surface area contributed by atoms with E-state index < -0.39 is 0 Å². The summed E-state index contributed by atoms with van der Waals surface area (Å²) in [4.78, 5) is 26.1. The number of anilines is 1. The summed E-state index contributed by atoms with van der Waals surface area (Å²) in [6, 6.07) is 18.0. The van der Waals surface area contributed by atoms with Crippen molar-refractivity contribution in [1.29, 1.82) is 0 Å². The molecule has 0 amide bonds. The first-order chi connectivity index (χ1) is 11.7. The Balaban J connectivity index is 2.19. The van der Waals surface area contributed by atoms with Gasteiger partial charge in [-0.3, -0.25) is 9.59 Å². The highest BCUT2D eigenvalue weighted by atomic mass is 32.2. The van der Waals surface area contributed by atoms with Crippen molar-refractivity contribution < 1.29 is 9.59 Å². The standard InChI is InChI=1S/C20H19NO2S/c1-14-7-6-8-15(11-14)18-12-19(23)17(13-22)20(24-2)21(18)16-9-4-3-5-10-16/h3-11,13,18H,12H2,1-2H3. The summed E-state index contributed by atoms with van der Waals surface area (Å²) < 4.78 is 0. The number of benzene rings is 2. The predicted molar refractivity (Wildman–Crippen MR) is 99.1 cm³/mol. The number of aryl methyl sites for hydroxylation is 1. The maximum atomic E-state index is 12.5. The topological polar surface area (TPSA) is 37.4 Å². The molecule has 1 atom stereocenters. The highest BCUT2D eigenvalue weighted by Crippen LogP contribution is 2.42. The van der Waals surface area contributed by atoms with E-state index in [-0.39, 0.29) is 17.4 Å². The predicted octanol–water partition coefficient (Wildman–Crippen LogP) is 4.29. The third kappa shape index (κ3) is 3.02. The minimum Gasteiger partial charge on any atom is -0.328 e. The molecule has 0 bridgehead atoms. The molecule has 1 aliphatic rings. The zero-order valence-electron chi connectivity index (χ0n) is 13.7. The number of ketones is 1. The molecule has 0 fully saturated rings. The maximum absolute atomic E-state index is 12.5. The number of Topliss-reactive ketones (excluding diaryl/α,β-unsaturated/α-hetero) is 1. The lowest BCUT2D eigenvalue weighted by atomic mass is 9.92. The van der Waals surface area contributed by atoms with E-state index in [1.54, 1.807) is 0 Å². The molecule has 24 heavy (non-hydrogen) atoms. The van der Waals surface area contributed by atoms with Crippen LogP contribution in [0.25, 0.3) is 0 Å². The maximum Gasteiger partial charge on any atom is 0.171 e. The van der Waals surface area contributed by atoms with E-state index in [9.17, 15) is 9.59 Å². The molecule has 1 heterocycles. The van der Waals surface area contributed by atoms with Crippen molar-refractivity contribution in [2.75, 3.05) is 11.2 Å². The highest BCUT2D eigenvalue weighted by molar-refractivity contribution is 8.02. The largest absolute Gasteiger partial charge is 0.328 e. The van der Waals surface area contributed by atoms with E-state index in [0.717, 1.165) is 21.8 Å². The van der Waals surface area contributed by atoms with Crippen LogP contribution in [0.5, 0.6) is 0 Å². The second-order valence-electron chi connectivity index (χ2n) is 5.80. The van der Waals surface area contributed by atoms with Crippen LogP contribution in [-0.2, 0) is 9.59 Å². The summed E-state index contributed by atoms with van der Waals surface area (Å²) in [5, 5.41) is 0.721. The summed E-state index contributed by atoms with van der Waals surface area (Å²) in [5.74, 6) is -0.0898. The van der Waals surface area contributed by atoms with Crippen molar-refractivity contribution in [3.8, 4) is 0 Å². The molecule has 0 saturated carbocycles. The van der Waals surface area contributed by atoms with E-state index >= 15 is 0 Å². The zero-order chi connectivity index (χ0) is 17.1. The van der Waals surface area contributed by atoms with Gasteiger partial charge in [0.15, 0.2) is 12.1 Å². The van der Waals surface area contributed by atoms with Crippen LogP contribution < -0.4 is 4.90 Å². The van der Waals surface area contributed by atoms with Crippen molar-refractivity contribution in [1.82, 2.24) is 0 Å². The second-order valence-corrected chi connectivity index (χ2v) is 6.60. The summed E-state index contributed by atoms with van der Waals surface area (Å²) >= 11 is 1.44. The third-order valence-electron chi connectivity index (χ3n) is 4.21. The van der Waals surface area contributed by atoms with Crippen molar-refractivity contribution in [2.24, 2.45) is 0 Å². The zero-order valence-corrected chi connectivity index (χ0v) is 14.5. The third-order valence-corrected chi connectivity index (χ3v) is 5.02. The Morgan fingerprint density at radius 1 is 1.12 bits per heavy atom. The van der Waals surface area contributed by atoms with Crippen molar-refractivity contribution in [3.63, 3.8) is 0 Å². The Kier molecular flexibility index (Phi) is 4.86. The highest BCUT2D eigenvalue weighted by Gasteiger charge is 2.35. The molecule has 1 aliphatic heterocycles. The lowest BCUT2D eigenvalue weighted by Gasteiger charge is -2.38. The van der Waals surface area contributed by atoms with Crippen LogP contribution in [0.15, 0.2) is 65.2 Å². The van der Waals surface area contributed by atoms with Gasteiger partial charge in [-0.1, -0.05) is 48.0 Å². The number of hydrogen-bond acceptors (Lipinski definition) is 4. The van der Waals surface area contributed by atoms with Gasteiger partial charge in [-0.15, -0.1) is 11.8 Å². The molecule has 0 saturated heterocycles. The smallest absolute Gasteiger partial charge is 0.171 e. The number of hydrogen-bond donors (Lipinski definition) is 0. The lowest BCUT2D eigenvalue weighted by molar-refractivity contribution is -0.118. The van der Waals surface area contributed by atoms with Gasteiger partial charge >= 0.3 is 0 Å². The summed E-state index contributed by atoms with van der Waals surface area (Å²) in [7, 11) is 0. The van der Waals surface area contributed by atoms with Crippen molar-refractivity contribution in [2.45, 2.75) is 19.4 Å². The molecule has 4 heteroatoms. The number of rotatable bonds is 4. The number of carbonyl (C=O) groups is 2. The van der Waals surface area contributed by atoms with Gasteiger partial charge in [0.2, 0.25) is 0 Å². The van der Waals surface area contributed by atoms with Crippen LogP contribution in [0.4, 0.5) is 5.69 Å². The average molecular weight is 337 g/mol. The first-order valence-corrected chi connectivity index (χ1v) is 9.05. The van der Waals surface area contributed by atoms with Crippen LogP contribution in [0.2, 0.25) is 0 Å². The van der Waals surface area contributed by atoms with Crippen LogP contribution in [-0.4, -0.2) is 18.3 Å². The van der Waals surface area contributed by atoms with Gasteiger partial charge in [-0.2, -0.15) is 0 Å². The number of carbonyl (C=O) groups excluding carboxylic acids is 2. The number of aldehydes is 1. The number of allylic oxidation sites excluding steroid dienone is 1. The van der Waals surface area contributed by atoms with Crippen LogP contribution >= 0.6 is 11.8 Å². The van der Waals surface area contributed by atoms with Crippen LogP contribution in [0, 0.1) is 6.92 Å². The van der Waals surface area contributed by atoms with E-state index in [4.69, 9.17) is 0 Å². The van der Waals surface area contributed by atoms with Crippen molar-refractivity contribution >= 4 is 29.5 Å². The quantitative estimate of drug-likeness (QED) is 0.616. The van der Waals surface area contributed by atoms with Gasteiger partial charge in [0.05, 0.1) is 16.6 Å². The molecular weight excluding hydrogens is 318 g/mol. The molecule has 2 aromatic rings. The molecule has 0 radical (unpaired) electrons. The molecular formula is C20H19NO2S. The fourth-order valence-corrected chi connectivity index (χ4v) is 3.93. The lowest BCUT2D eigenvalue weighted by Crippen LogP contribution is -2.35. The molecule has 0 spiro atoms. The molecule has 0 aromatic heterocycles. The Morgan fingerprint density at radius 3 is 2.50 bits per heavy atom. The van der Waals surface area contributed by atoms with E-state index in [1.807, 2.05) is 61.7 Å². The number of nitrogens with zero attached hydrogens (tertiary/aromatic N) is 1. The van der Waals surface area contributed by atoms with Gasteiger partial charge in [0.1, 0.15) is 0 Å². The summed E-state index contributed by atoms with van der Waals surface area (Å²) in [6.07, 6.45) is 2.90. The molecule has 3 nitrogen and oxygen atoms in total. The fourth-order valence-electron chi connectivity index (χ4n) is 3.12. The Hall–Kier alpha value is -2.33. The van der Waals surface area contributed by atoms with E-state index in [0.29, 0.717) is 12.7 Å². The van der Waals surface area contributed by atoms with Gasteiger partial charge in [-0.05, 0) is 30.9 Å². The minimum absolute atomic E-state index is 0.0898. The molecule has 122 valence electrons. The Morgan fingerprint density at radius 2 is 1.88 bits per heavy atom. The summed E-state index contributed by atoms with van der Waals surface area (Å²) in [5.41, 5.74) is 3.50. The van der Waals surface area contributed by atoms with Gasteiger partial charge < -0.3 is 4.90 Å². The molecule has 0 aliphatic carbocycles. The Labute approximate surface area is 146 Å². The number of thioether (sulfide) groups is 1. The van der Waals surface area contributed by atoms with Crippen molar-refractivity contribution in [3.05, 3.63) is 76.3 Å². The van der Waals surface area contributed by atoms with E-state index in [2.05, 4.69) is 11.0 Å². The molecule has 3 rings (SSSR count). The van der Waals surface area contributed by atoms with E-state index in [1.165, 1.54) is 11.8 Å². The van der Waals surface area contributed by atoms with Crippen LogP contribution in [0.1, 0.15) is 23.6 Å². The van der Waals surface area contributed by atoms with Gasteiger partial charge in [-0.25, -0.2) is 0 Å². The minimum atomic E-state index is -0.106. The SMILES string of the molecule is CSC1=C(C=O)C(=O)CC(c2cccc(C)c2)N1c1ccccc1. The molecule has 1 unspecified atom stereocenters. The molecule has 2 aromatic carbocycles. The van der Waals surface area contributed by atoms with Gasteiger partial charge in [0.25, 0.3) is 0 Å².